The van der Waals surface area contributed by atoms with E-state index in [4.69, 9.17) is 9.98 Å². The van der Waals surface area contributed by atoms with E-state index in [0.717, 1.165) is 59.1 Å². The zero-order chi connectivity index (χ0) is 34.3. The van der Waals surface area contributed by atoms with E-state index in [1.54, 1.807) is 0 Å². The minimum absolute atomic E-state index is 0.0126. The third-order valence-corrected chi connectivity index (χ3v) is 8.98. The number of aliphatic imine (C=N–C) groups is 2. The van der Waals surface area contributed by atoms with Crippen LogP contribution in [0.2, 0.25) is 0 Å². The summed E-state index contributed by atoms with van der Waals surface area (Å²) in [4.78, 5) is 10.1. The summed E-state index contributed by atoms with van der Waals surface area (Å²) >= 11 is 0. The van der Waals surface area contributed by atoms with Crippen molar-refractivity contribution in [1.82, 2.24) is 0 Å². The summed E-state index contributed by atoms with van der Waals surface area (Å²) in [5, 5.41) is 22.7. The van der Waals surface area contributed by atoms with Gasteiger partial charge >= 0.3 is 0 Å². The molecule has 0 saturated heterocycles. The normalized spacial score (nSPS) is 17.7. The molecule has 1 saturated carbocycles. The maximum Gasteiger partial charge on any atom is 0.128 e. The molecule has 0 aromatic heterocycles. The Morgan fingerprint density at radius 1 is 0.521 bits per heavy atom. The summed E-state index contributed by atoms with van der Waals surface area (Å²) in [6, 6.07) is 28.6. The molecule has 4 heteroatoms. The van der Waals surface area contributed by atoms with Gasteiger partial charge in [-0.2, -0.15) is 0 Å². The number of phenolic OH excluding ortho intramolecular Hbond substituents is 2. The SMILES string of the molecule is CC(C)(C)c1cc(/C=C/c2ccccc2)cc(C=N[C@@H]2CCCC[C@H]2N=Cc2cc(/C=C/c3ccccc3)cc(C(C)(C)C)c2O)c1O. The summed E-state index contributed by atoms with van der Waals surface area (Å²) in [5.74, 6) is 0.554. The molecule has 0 radical (unpaired) electrons. The molecule has 2 atom stereocenters. The van der Waals surface area contributed by atoms with Gasteiger partial charge in [-0.05, 0) is 70.2 Å². The third-order valence-electron chi connectivity index (χ3n) is 8.98. The molecule has 0 aliphatic heterocycles. The molecule has 1 aliphatic rings. The molecular weight excluding hydrogens is 588 g/mol. The van der Waals surface area contributed by atoms with E-state index in [2.05, 4.69) is 102 Å². The fourth-order valence-electron chi connectivity index (χ4n) is 6.20. The number of rotatable bonds is 8. The number of benzene rings is 4. The van der Waals surface area contributed by atoms with Crippen molar-refractivity contribution >= 4 is 36.7 Å². The van der Waals surface area contributed by atoms with Crippen LogP contribution in [0, 0.1) is 0 Å². The van der Waals surface area contributed by atoms with Crippen LogP contribution in [0.5, 0.6) is 11.5 Å². The molecule has 0 spiro atoms. The Morgan fingerprint density at radius 3 is 1.23 bits per heavy atom. The van der Waals surface area contributed by atoms with Gasteiger partial charge in [0.15, 0.2) is 0 Å². The van der Waals surface area contributed by atoms with E-state index in [-0.39, 0.29) is 34.4 Å². The van der Waals surface area contributed by atoms with E-state index < -0.39 is 0 Å². The lowest BCUT2D eigenvalue weighted by molar-refractivity contribution is 0.390. The third kappa shape index (κ3) is 9.01. The number of phenols is 2. The van der Waals surface area contributed by atoms with Gasteiger partial charge in [0.05, 0.1) is 12.1 Å². The van der Waals surface area contributed by atoms with E-state index >= 15 is 0 Å². The second kappa shape index (κ2) is 15.0. The van der Waals surface area contributed by atoms with Crippen molar-refractivity contribution in [2.24, 2.45) is 9.98 Å². The molecular formula is C44H50N2O2. The molecule has 1 aliphatic carbocycles. The van der Waals surface area contributed by atoms with Crippen molar-refractivity contribution in [3.63, 3.8) is 0 Å². The number of aromatic hydroxyl groups is 2. The Balaban J connectivity index is 1.44. The minimum Gasteiger partial charge on any atom is -0.507 e. The average Bonchev–Trinajstić information content (AvgIpc) is 3.06. The fraction of sp³-hybridized carbons (Fsp3) is 0.318. The van der Waals surface area contributed by atoms with Crippen LogP contribution >= 0.6 is 0 Å². The monoisotopic (exact) mass is 638 g/mol. The van der Waals surface area contributed by atoms with Crippen molar-refractivity contribution in [2.75, 3.05) is 0 Å². The molecule has 4 aromatic carbocycles. The van der Waals surface area contributed by atoms with Crippen LogP contribution in [0.4, 0.5) is 0 Å². The Morgan fingerprint density at radius 2 is 0.875 bits per heavy atom. The lowest BCUT2D eigenvalue weighted by Gasteiger charge is -2.26. The summed E-state index contributed by atoms with van der Waals surface area (Å²) in [6.45, 7) is 12.7. The quantitative estimate of drug-likeness (QED) is 0.149. The van der Waals surface area contributed by atoms with Crippen LogP contribution in [0.1, 0.15) is 112 Å². The van der Waals surface area contributed by atoms with Crippen molar-refractivity contribution in [2.45, 2.75) is 90.1 Å². The van der Waals surface area contributed by atoms with Gasteiger partial charge in [-0.25, -0.2) is 0 Å². The van der Waals surface area contributed by atoms with Gasteiger partial charge in [0.25, 0.3) is 0 Å². The van der Waals surface area contributed by atoms with Gasteiger partial charge < -0.3 is 10.2 Å². The molecule has 5 rings (SSSR count). The van der Waals surface area contributed by atoms with Gasteiger partial charge in [0, 0.05) is 34.7 Å². The van der Waals surface area contributed by atoms with Crippen molar-refractivity contribution in [1.29, 1.82) is 0 Å². The van der Waals surface area contributed by atoms with Gasteiger partial charge in [0.1, 0.15) is 11.5 Å². The smallest absolute Gasteiger partial charge is 0.128 e. The predicted octanol–water partition coefficient (Wildman–Crippen LogP) is 10.9. The first-order valence-electron chi connectivity index (χ1n) is 17.2. The van der Waals surface area contributed by atoms with Crippen LogP contribution in [0.25, 0.3) is 24.3 Å². The molecule has 248 valence electrons. The van der Waals surface area contributed by atoms with Crippen LogP contribution in [-0.2, 0) is 10.8 Å². The Bertz CT molecular complexity index is 1670. The van der Waals surface area contributed by atoms with Gasteiger partial charge in [-0.3, -0.25) is 9.98 Å². The Labute approximate surface area is 287 Å². The highest BCUT2D eigenvalue weighted by Gasteiger charge is 2.25. The highest BCUT2D eigenvalue weighted by Crippen LogP contribution is 2.36. The lowest BCUT2D eigenvalue weighted by Crippen LogP contribution is -2.27. The molecule has 2 N–H and O–H groups in total. The average molecular weight is 639 g/mol. The molecule has 48 heavy (non-hydrogen) atoms. The summed E-state index contributed by atoms with van der Waals surface area (Å²) < 4.78 is 0. The molecule has 0 unspecified atom stereocenters. The van der Waals surface area contributed by atoms with Crippen molar-refractivity contribution in [3.8, 4) is 11.5 Å². The van der Waals surface area contributed by atoms with Crippen LogP contribution in [0.15, 0.2) is 94.9 Å². The van der Waals surface area contributed by atoms with E-state index in [0.29, 0.717) is 11.1 Å². The molecule has 0 bridgehead atoms. The predicted molar refractivity (Wildman–Crippen MR) is 206 cm³/mol. The van der Waals surface area contributed by atoms with Gasteiger partial charge in [-0.15, -0.1) is 0 Å². The zero-order valence-electron chi connectivity index (χ0n) is 29.3. The molecule has 4 nitrogen and oxygen atoms in total. The summed E-state index contributed by atoms with van der Waals surface area (Å²) in [7, 11) is 0. The molecule has 0 heterocycles. The Hall–Kier alpha value is -4.70. The van der Waals surface area contributed by atoms with Gasteiger partial charge in [-0.1, -0.05) is 139 Å². The summed E-state index contributed by atoms with van der Waals surface area (Å²) in [6.07, 6.45) is 16.1. The molecule has 4 aromatic rings. The lowest BCUT2D eigenvalue weighted by atomic mass is 9.84. The molecule has 1 fully saturated rings. The van der Waals surface area contributed by atoms with Gasteiger partial charge in [0.2, 0.25) is 0 Å². The summed E-state index contributed by atoms with van der Waals surface area (Å²) in [5.41, 5.74) is 7.04. The first-order chi connectivity index (χ1) is 22.9. The van der Waals surface area contributed by atoms with Crippen LogP contribution in [-0.4, -0.2) is 34.7 Å². The molecule has 0 amide bonds. The second-order valence-corrected chi connectivity index (χ2v) is 15.0. The standard InChI is InChI=1S/C44H50N2O2/c1-43(2,3)37-27-33(23-21-31-15-9-7-10-16-31)25-35(41(37)47)29-45-39-19-13-14-20-40(39)46-30-36-26-34(24-22-32-17-11-8-12-18-32)28-38(42(36)48)44(4,5)6/h7-12,15-18,21-30,39-40,47-48H,13-14,19-20H2,1-6H3/b23-21+,24-22+,45-29?,46-30?/t39-,40-/m1/s1. The fourth-order valence-corrected chi connectivity index (χ4v) is 6.20. The van der Waals surface area contributed by atoms with Crippen LogP contribution in [0.3, 0.4) is 0 Å². The second-order valence-electron chi connectivity index (χ2n) is 15.0. The highest BCUT2D eigenvalue weighted by molar-refractivity contribution is 5.88. The number of nitrogens with zero attached hydrogens (tertiary/aromatic N) is 2. The van der Waals surface area contributed by atoms with Crippen molar-refractivity contribution in [3.05, 3.63) is 129 Å². The highest BCUT2D eigenvalue weighted by atomic mass is 16.3. The Kier molecular flexibility index (Phi) is 10.8. The maximum absolute atomic E-state index is 11.4. The topological polar surface area (TPSA) is 65.2 Å². The zero-order valence-corrected chi connectivity index (χ0v) is 29.3. The van der Waals surface area contributed by atoms with Crippen LogP contribution < -0.4 is 0 Å². The van der Waals surface area contributed by atoms with E-state index in [1.165, 1.54) is 0 Å². The number of hydrogen-bond donors (Lipinski definition) is 2. The van der Waals surface area contributed by atoms with E-state index in [9.17, 15) is 10.2 Å². The largest absolute Gasteiger partial charge is 0.507 e. The van der Waals surface area contributed by atoms with Crippen molar-refractivity contribution < 1.29 is 10.2 Å². The first-order valence-corrected chi connectivity index (χ1v) is 17.2. The number of hydrogen-bond acceptors (Lipinski definition) is 4. The first kappa shape index (κ1) is 34.6. The van der Waals surface area contributed by atoms with E-state index in [1.807, 2.05) is 61.0 Å². The minimum atomic E-state index is -0.236. The maximum atomic E-state index is 11.4.